The van der Waals surface area contributed by atoms with Gasteiger partial charge in [-0.1, -0.05) is 19.3 Å². The third-order valence-corrected chi connectivity index (χ3v) is 4.33. The lowest BCUT2D eigenvalue weighted by Crippen LogP contribution is -2.46. The largest absolute Gasteiger partial charge is 0.494 e. The van der Waals surface area contributed by atoms with Crippen LogP contribution in [0, 0.1) is 0 Å². The minimum atomic E-state index is 0.00786. The van der Waals surface area contributed by atoms with Crippen molar-refractivity contribution in [2.75, 3.05) is 13.7 Å². The molecule has 0 aliphatic heterocycles. The number of ether oxygens (including phenoxy) is 1. The highest BCUT2D eigenvalue weighted by molar-refractivity contribution is 5.96. The van der Waals surface area contributed by atoms with Gasteiger partial charge in [-0.2, -0.15) is 0 Å². The van der Waals surface area contributed by atoms with Gasteiger partial charge in [0, 0.05) is 17.5 Å². The van der Waals surface area contributed by atoms with E-state index in [1.807, 2.05) is 38.2 Å². The Morgan fingerprint density at radius 2 is 1.85 bits per heavy atom. The summed E-state index contributed by atoms with van der Waals surface area (Å²) in [4.78, 5) is 12.5. The van der Waals surface area contributed by atoms with Crippen molar-refractivity contribution in [3.05, 3.63) is 29.8 Å². The van der Waals surface area contributed by atoms with Gasteiger partial charge in [0.1, 0.15) is 5.75 Å². The van der Waals surface area contributed by atoms with Gasteiger partial charge in [0.2, 0.25) is 0 Å². The summed E-state index contributed by atoms with van der Waals surface area (Å²) in [6, 6.07) is 7.51. The van der Waals surface area contributed by atoms with Gasteiger partial charge in [-0.3, -0.25) is 4.79 Å². The molecule has 1 aliphatic rings. The molecule has 20 heavy (non-hydrogen) atoms. The fourth-order valence-electron chi connectivity index (χ4n) is 3.06. The Bertz CT molecular complexity index is 433. The summed E-state index contributed by atoms with van der Waals surface area (Å²) in [6.45, 7) is 2.61. The van der Waals surface area contributed by atoms with Crippen molar-refractivity contribution in [1.82, 2.24) is 5.32 Å². The zero-order valence-electron chi connectivity index (χ0n) is 12.6. The first-order valence-electron chi connectivity index (χ1n) is 7.64. The van der Waals surface area contributed by atoms with E-state index in [1.165, 1.54) is 19.3 Å². The number of ketones is 1. The molecule has 110 valence electrons. The van der Waals surface area contributed by atoms with Crippen LogP contribution in [-0.4, -0.2) is 25.0 Å². The van der Waals surface area contributed by atoms with Gasteiger partial charge in [-0.15, -0.1) is 0 Å². The Balaban J connectivity index is 2.03. The molecule has 1 fully saturated rings. The highest BCUT2D eigenvalue weighted by Crippen LogP contribution is 2.32. The Morgan fingerprint density at radius 1 is 1.20 bits per heavy atom. The van der Waals surface area contributed by atoms with E-state index in [4.69, 9.17) is 4.74 Å². The average Bonchev–Trinajstić information content (AvgIpc) is 2.49. The first-order valence-corrected chi connectivity index (χ1v) is 7.64. The maximum Gasteiger partial charge on any atom is 0.164 e. The van der Waals surface area contributed by atoms with E-state index in [-0.39, 0.29) is 11.3 Å². The topological polar surface area (TPSA) is 38.3 Å². The van der Waals surface area contributed by atoms with Crippen molar-refractivity contribution in [2.24, 2.45) is 0 Å². The average molecular weight is 275 g/mol. The van der Waals surface area contributed by atoms with E-state index in [2.05, 4.69) is 5.32 Å². The summed E-state index contributed by atoms with van der Waals surface area (Å²) in [5, 5.41) is 3.40. The maximum absolute atomic E-state index is 12.5. The van der Waals surface area contributed by atoms with Crippen LogP contribution in [0.15, 0.2) is 24.3 Å². The van der Waals surface area contributed by atoms with Crippen molar-refractivity contribution < 1.29 is 9.53 Å². The molecule has 0 aromatic heterocycles. The van der Waals surface area contributed by atoms with Crippen LogP contribution < -0.4 is 10.1 Å². The van der Waals surface area contributed by atoms with Gasteiger partial charge in [0.05, 0.1) is 6.61 Å². The first-order chi connectivity index (χ1) is 9.69. The molecule has 0 saturated heterocycles. The number of Topliss-reactive ketones (excluding diaryl/α,β-unsaturated/α-hetero) is 1. The number of hydrogen-bond acceptors (Lipinski definition) is 3. The second-order valence-electron chi connectivity index (χ2n) is 5.65. The van der Waals surface area contributed by atoms with Crippen molar-refractivity contribution in [3.63, 3.8) is 0 Å². The third kappa shape index (κ3) is 3.60. The van der Waals surface area contributed by atoms with Crippen molar-refractivity contribution in [3.8, 4) is 5.75 Å². The number of carbonyl (C=O) groups excluding carboxylic acids is 1. The van der Waals surface area contributed by atoms with Gasteiger partial charge < -0.3 is 10.1 Å². The third-order valence-electron chi connectivity index (χ3n) is 4.33. The lowest BCUT2D eigenvalue weighted by molar-refractivity contribution is 0.0915. The fraction of sp³-hybridized carbons (Fsp3) is 0.588. The molecule has 0 unspecified atom stereocenters. The van der Waals surface area contributed by atoms with Crippen LogP contribution in [0.4, 0.5) is 0 Å². The molecular weight excluding hydrogens is 250 g/mol. The fourth-order valence-corrected chi connectivity index (χ4v) is 3.06. The molecule has 1 aromatic rings. The minimum Gasteiger partial charge on any atom is -0.494 e. The molecule has 0 heterocycles. The number of carbonyl (C=O) groups is 1. The summed E-state index contributed by atoms with van der Waals surface area (Å²) in [5.41, 5.74) is 0.794. The quantitative estimate of drug-likeness (QED) is 0.806. The van der Waals surface area contributed by atoms with E-state index < -0.39 is 0 Å². The van der Waals surface area contributed by atoms with Gasteiger partial charge in [-0.25, -0.2) is 0 Å². The van der Waals surface area contributed by atoms with E-state index in [0.717, 1.165) is 24.2 Å². The van der Waals surface area contributed by atoms with Crippen LogP contribution in [0.3, 0.4) is 0 Å². The minimum absolute atomic E-state index is 0.00786. The molecule has 3 nitrogen and oxygen atoms in total. The van der Waals surface area contributed by atoms with E-state index >= 15 is 0 Å². The lowest BCUT2D eigenvalue weighted by atomic mass is 9.77. The Kier molecular flexibility index (Phi) is 5.18. The van der Waals surface area contributed by atoms with Crippen molar-refractivity contribution in [1.29, 1.82) is 0 Å². The Hall–Kier alpha value is -1.35. The highest BCUT2D eigenvalue weighted by atomic mass is 16.5. The SMILES string of the molecule is CCOc1ccc(C(=O)CC2(NC)CCCCC2)cc1. The zero-order valence-corrected chi connectivity index (χ0v) is 12.6. The number of hydrogen-bond donors (Lipinski definition) is 1. The molecule has 0 amide bonds. The van der Waals surface area contributed by atoms with Crippen LogP contribution in [0.25, 0.3) is 0 Å². The van der Waals surface area contributed by atoms with Gasteiger partial charge in [0.15, 0.2) is 5.78 Å². The zero-order chi connectivity index (χ0) is 14.4. The van der Waals surface area contributed by atoms with Gasteiger partial charge >= 0.3 is 0 Å². The van der Waals surface area contributed by atoms with Crippen molar-refractivity contribution in [2.45, 2.75) is 51.0 Å². The Morgan fingerprint density at radius 3 is 2.40 bits per heavy atom. The monoisotopic (exact) mass is 275 g/mol. The molecule has 1 aliphatic carbocycles. The summed E-state index contributed by atoms with van der Waals surface area (Å²) >= 11 is 0. The van der Waals surface area contributed by atoms with Crippen molar-refractivity contribution >= 4 is 5.78 Å². The number of benzene rings is 1. The van der Waals surface area contributed by atoms with Gasteiger partial charge in [-0.05, 0) is 51.1 Å². The first kappa shape index (κ1) is 15.0. The van der Waals surface area contributed by atoms with Crippen LogP contribution in [0.5, 0.6) is 5.75 Å². The summed E-state index contributed by atoms with van der Waals surface area (Å²) in [7, 11) is 1.98. The molecule has 0 radical (unpaired) electrons. The smallest absolute Gasteiger partial charge is 0.164 e. The van der Waals surface area contributed by atoms with E-state index in [0.29, 0.717) is 13.0 Å². The second-order valence-corrected chi connectivity index (χ2v) is 5.65. The molecule has 1 aromatic carbocycles. The summed E-state index contributed by atoms with van der Waals surface area (Å²) < 4.78 is 5.41. The normalized spacial score (nSPS) is 17.7. The molecule has 1 saturated carbocycles. The summed E-state index contributed by atoms with van der Waals surface area (Å²) in [6.07, 6.45) is 6.53. The van der Waals surface area contributed by atoms with Crippen LogP contribution >= 0.6 is 0 Å². The Labute approximate surface area is 121 Å². The van der Waals surface area contributed by atoms with Crippen LogP contribution in [0.2, 0.25) is 0 Å². The maximum atomic E-state index is 12.5. The molecule has 0 atom stereocenters. The number of nitrogens with one attached hydrogen (secondary N) is 1. The standard InChI is InChI=1S/C17H25NO2/c1-3-20-15-9-7-14(8-10-15)16(19)13-17(18-2)11-5-4-6-12-17/h7-10,18H,3-6,11-13H2,1-2H3. The predicted molar refractivity (Wildman–Crippen MR) is 81.4 cm³/mol. The van der Waals surface area contributed by atoms with E-state index in [9.17, 15) is 4.79 Å². The molecule has 2 rings (SSSR count). The molecule has 1 N–H and O–H groups in total. The van der Waals surface area contributed by atoms with E-state index in [1.54, 1.807) is 0 Å². The number of rotatable bonds is 6. The van der Waals surface area contributed by atoms with Crippen LogP contribution in [0.1, 0.15) is 55.8 Å². The molecule has 0 bridgehead atoms. The lowest BCUT2D eigenvalue weighted by Gasteiger charge is -2.36. The highest BCUT2D eigenvalue weighted by Gasteiger charge is 2.32. The molecular formula is C17H25NO2. The van der Waals surface area contributed by atoms with Gasteiger partial charge in [0.25, 0.3) is 0 Å². The molecule has 0 spiro atoms. The molecule has 3 heteroatoms. The predicted octanol–water partition coefficient (Wildman–Crippen LogP) is 3.58. The second kappa shape index (κ2) is 6.89. The summed E-state index contributed by atoms with van der Waals surface area (Å²) in [5.74, 6) is 1.05. The van der Waals surface area contributed by atoms with Crippen LogP contribution in [-0.2, 0) is 0 Å².